The quantitative estimate of drug-likeness (QED) is 0.434. The number of fused-ring (bicyclic) bond motifs is 1. The van der Waals surface area contributed by atoms with Crippen molar-refractivity contribution in [3.8, 4) is 11.5 Å². The summed E-state index contributed by atoms with van der Waals surface area (Å²) in [6.07, 6.45) is 4.76. The molecule has 0 atom stereocenters. The van der Waals surface area contributed by atoms with E-state index >= 15 is 0 Å². The van der Waals surface area contributed by atoms with E-state index in [1.807, 2.05) is 12.1 Å². The Kier molecular flexibility index (Phi) is 8.41. The number of carbonyl (C=O) groups excluding carboxylic acids is 1. The molecule has 3 aromatic rings. The van der Waals surface area contributed by atoms with Crippen LogP contribution in [0.5, 0.6) is 11.5 Å². The van der Waals surface area contributed by atoms with Gasteiger partial charge in [-0.3, -0.25) is 9.69 Å². The van der Waals surface area contributed by atoms with E-state index in [9.17, 15) is 9.18 Å². The van der Waals surface area contributed by atoms with Crippen LogP contribution in [0.3, 0.4) is 0 Å². The molecule has 2 aliphatic rings. The highest BCUT2D eigenvalue weighted by Crippen LogP contribution is 2.37. The number of rotatable bonds is 8. The van der Waals surface area contributed by atoms with E-state index in [4.69, 9.17) is 25.8 Å². The van der Waals surface area contributed by atoms with Crippen LogP contribution in [-0.4, -0.2) is 72.9 Å². The van der Waals surface area contributed by atoms with Crippen molar-refractivity contribution in [2.45, 2.75) is 37.8 Å². The molecule has 1 aliphatic heterocycles. The zero-order chi connectivity index (χ0) is 26.5. The summed E-state index contributed by atoms with van der Waals surface area (Å²) < 4.78 is 30.9. The van der Waals surface area contributed by atoms with Crippen LogP contribution in [0.25, 0.3) is 10.9 Å². The number of hydrogen-bond acceptors (Lipinski definition) is 8. The van der Waals surface area contributed by atoms with Gasteiger partial charge < -0.3 is 24.8 Å². The highest BCUT2D eigenvalue weighted by atomic mass is 35.5. The average molecular weight is 544 g/mol. The number of halogens is 2. The summed E-state index contributed by atoms with van der Waals surface area (Å²) in [7, 11) is 1.59. The first kappa shape index (κ1) is 26.4. The van der Waals surface area contributed by atoms with Gasteiger partial charge in [0.1, 0.15) is 18.0 Å². The number of nitrogens with one attached hydrogen (secondary N) is 2. The first-order valence-corrected chi connectivity index (χ1v) is 13.2. The van der Waals surface area contributed by atoms with E-state index in [1.165, 1.54) is 18.5 Å². The van der Waals surface area contributed by atoms with E-state index in [1.54, 1.807) is 13.2 Å². The zero-order valence-corrected chi connectivity index (χ0v) is 22.0. The third-order valence-electron chi connectivity index (χ3n) is 6.91. The standard InChI is InChI=1S/C27H31ClFN5O4/c1-36-24-14-23-20(27(31-16-30-23)33-18-4-7-22(29)21(28)12-18)13-25(24)38-19-5-2-17(3-6-19)32-26(35)15-34-8-10-37-11-9-34/h4,7,12-14,16-17,19H,2-3,5-6,8-11,15H2,1H3,(H,32,35)(H,30,31,33). The van der Waals surface area contributed by atoms with Crippen LogP contribution in [0.15, 0.2) is 36.7 Å². The molecule has 2 aromatic carbocycles. The van der Waals surface area contributed by atoms with E-state index in [0.29, 0.717) is 48.3 Å². The number of ether oxygens (including phenoxy) is 3. The second kappa shape index (κ2) is 12.1. The minimum atomic E-state index is -0.489. The number of benzene rings is 2. The molecule has 0 bridgehead atoms. The number of aromatic nitrogens is 2. The Balaban J connectivity index is 1.23. The van der Waals surface area contributed by atoms with Crippen molar-refractivity contribution in [2.24, 2.45) is 0 Å². The van der Waals surface area contributed by atoms with Crippen LogP contribution < -0.4 is 20.1 Å². The molecule has 38 heavy (non-hydrogen) atoms. The Morgan fingerprint density at radius 2 is 1.92 bits per heavy atom. The molecule has 11 heteroatoms. The number of methoxy groups -OCH3 is 1. The lowest BCUT2D eigenvalue weighted by molar-refractivity contribution is -0.124. The molecule has 1 amide bonds. The van der Waals surface area contributed by atoms with Crippen molar-refractivity contribution in [1.29, 1.82) is 0 Å². The summed E-state index contributed by atoms with van der Waals surface area (Å²) in [5.74, 6) is 1.28. The van der Waals surface area contributed by atoms with Crippen molar-refractivity contribution >= 4 is 39.9 Å². The summed E-state index contributed by atoms with van der Waals surface area (Å²) in [5, 5.41) is 7.11. The Morgan fingerprint density at radius 3 is 2.66 bits per heavy atom. The maximum atomic E-state index is 13.6. The molecular formula is C27H31ClFN5O4. The molecule has 5 rings (SSSR count). The summed E-state index contributed by atoms with van der Waals surface area (Å²) in [5.41, 5.74) is 1.27. The minimum absolute atomic E-state index is 0.00862. The van der Waals surface area contributed by atoms with Gasteiger partial charge in [-0.2, -0.15) is 0 Å². The maximum Gasteiger partial charge on any atom is 0.234 e. The molecular weight excluding hydrogens is 513 g/mol. The highest BCUT2D eigenvalue weighted by Gasteiger charge is 2.26. The summed E-state index contributed by atoms with van der Waals surface area (Å²) in [4.78, 5) is 23.3. The van der Waals surface area contributed by atoms with Crippen molar-refractivity contribution in [2.75, 3.05) is 45.3 Å². The van der Waals surface area contributed by atoms with Gasteiger partial charge in [-0.05, 0) is 49.9 Å². The normalized spacial score (nSPS) is 20.2. The van der Waals surface area contributed by atoms with Gasteiger partial charge in [0.25, 0.3) is 0 Å². The fourth-order valence-electron chi connectivity index (χ4n) is 4.87. The molecule has 1 aromatic heterocycles. The molecule has 202 valence electrons. The molecule has 0 radical (unpaired) electrons. The number of carbonyl (C=O) groups is 1. The Hall–Kier alpha value is -3.21. The van der Waals surface area contributed by atoms with Crippen LogP contribution in [-0.2, 0) is 9.53 Å². The van der Waals surface area contributed by atoms with Crippen molar-refractivity contribution < 1.29 is 23.4 Å². The first-order valence-electron chi connectivity index (χ1n) is 12.8. The number of anilines is 2. The largest absolute Gasteiger partial charge is 0.493 e. The fraction of sp³-hybridized carbons (Fsp3) is 0.444. The SMILES string of the molecule is COc1cc2ncnc(Nc3ccc(F)c(Cl)c3)c2cc1OC1CCC(NC(=O)CN2CCOCC2)CC1. The van der Waals surface area contributed by atoms with Gasteiger partial charge in [0.05, 0.1) is 43.5 Å². The molecule has 2 heterocycles. The molecule has 1 saturated heterocycles. The lowest BCUT2D eigenvalue weighted by Crippen LogP contribution is -2.47. The van der Waals surface area contributed by atoms with Gasteiger partial charge in [0, 0.05) is 36.3 Å². The number of morpholine rings is 1. The second-order valence-corrected chi connectivity index (χ2v) is 9.95. The Labute approximate surface area is 225 Å². The number of nitrogens with zero attached hydrogens (tertiary/aromatic N) is 3. The van der Waals surface area contributed by atoms with E-state index in [-0.39, 0.29) is 23.1 Å². The third-order valence-corrected chi connectivity index (χ3v) is 7.20. The molecule has 0 unspecified atom stereocenters. The highest BCUT2D eigenvalue weighted by molar-refractivity contribution is 6.31. The van der Waals surface area contributed by atoms with Gasteiger partial charge in [0.15, 0.2) is 11.5 Å². The smallest absolute Gasteiger partial charge is 0.234 e. The van der Waals surface area contributed by atoms with Crippen molar-refractivity contribution in [1.82, 2.24) is 20.2 Å². The molecule has 9 nitrogen and oxygen atoms in total. The van der Waals surface area contributed by atoms with Gasteiger partial charge in [-0.1, -0.05) is 11.6 Å². The zero-order valence-electron chi connectivity index (χ0n) is 21.2. The minimum Gasteiger partial charge on any atom is -0.493 e. The summed E-state index contributed by atoms with van der Waals surface area (Å²) in [6.45, 7) is 3.36. The maximum absolute atomic E-state index is 13.6. The number of hydrogen-bond donors (Lipinski definition) is 2. The predicted octanol–water partition coefficient (Wildman–Crippen LogP) is 4.31. The lowest BCUT2D eigenvalue weighted by Gasteiger charge is -2.31. The number of amides is 1. The molecule has 1 saturated carbocycles. The van der Waals surface area contributed by atoms with E-state index in [2.05, 4.69) is 25.5 Å². The topological polar surface area (TPSA) is 97.8 Å². The summed E-state index contributed by atoms with van der Waals surface area (Å²) in [6, 6.07) is 8.21. The van der Waals surface area contributed by atoms with Gasteiger partial charge in [-0.15, -0.1) is 0 Å². The van der Waals surface area contributed by atoms with Crippen molar-refractivity contribution in [3.05, 3.63) is 47.5 Å². The van der Waals surface area contributed by atoms with Crippen LogP contribution >= 0.6 is 11.6 Å². The molecule has 2 N–H and O–H groups in total. The lowest BCUT2D eigenvalue weighted by atomic mass is 9.93. The van der Waals surface area contributed by atoms with Crippen LogP contribution in [0.2, 0.25) is 5.02 Å². The van der Waals surface area contributed by atoms with E-state index in [0.717, 1.165) is 44.2 Å². The van der Waals surface area contributed by atoms with Gasteiger partial charge in [0.2, 0.25) is 5.91 Å². The second-order valence-electron chi connectivity index (χ2n) is 9.54. The molecule has 2 fully saturated rings. The third kappa shape index (κ3) is 6.43. The first-order chi connectivity index (χ1) is 18.5. The van der Waals surface area contributed by atoms with Gasteiger partial charge in [-0.25, -0.2) is 14.4 Å². The Morgan fingerprint density at radius 1 is 1.13 bits per heavy atom. The monoisotopic (exact) mass is 543 g/mol. The fourth-order valence-corrected chi connectivity index (χ4v) is 5.05. The molecule has 1 aliphatic carbocycles. The van der Waals surface area contributed by atoms with Crippen LogP contribution in [0.4, 0.5) is 15.9 Å². The molecule has 0 spiro atoms. The Bertz CT molecular complexity index is 1280. The van der Waals surface area contributed by atoms with Gasteiger partial charge >= 0.3 is 0 Å². The predicted molar refractivity (Wildman–Crippen MR) is 143 cm³/mol. The van der Waals surface area contributed by atoms with Crippen LogP contribution in [0, 0.1) is 5.82 Å². The van der Waals surface area contributed by atoms with Crippen LogP contribution in [0.1, 0.15) is 25.7 Å². The van der Waals surface area contributed by atoms with E-state index < -0.39 is 5.82 Å². The summed E-state index contributed by atoms with van der Waals surface area (Å²) >= 11 is 5.94. The van der Waals surface area contributed by atoms with Crippen molar-refractivity contribution in [3.63, 3.8) is 0 Å². The average Bonchev–Trinajstić information content (AvgIpc) is 2.92.